The lowest BCUT2D eigenvalue weighted by Gasteiger charge is -2.12. The van der Waals surface area contributed by atoms with E-state index < -0.39 is 0 Å². The number of rotatable bonds is 7. The van der Waals surface area contributed by atoms with Gasteiger partial charge < -0.3 is 10.6 Å². The second-order valence-electron chi connectivity index (χ2n) is 5.28. The van der Waals surface area contributed by atoms with Crippen molar-refractivity contribution in [2.24, 2.45) is 4.99 Å². The molecule has 1 aromatic heterocycles. The molecule has 4 nitrogen and oxygen atoms in total. The number of fused-ring (bicyclic) bond motifs is 1. The number of aliphatic imine (C=N–C) groups is 1. The predicted octanol–water partition coefficient (Wildman–Crippen LogP) is 3.75. The van der Waals surface area contributed by atoms with Gasteiger partial charge in [0.05, 0.1) is 5.52 Å². The zero-order valence-electron chi connectivity index (χ0n) is 14.0. The van der Waals surface area contributed by atoms with Gasteiger partial charge in [0, 0.05) is 31.2 Å². The molecule has 0 fully saturated rings. The third kappa shape index (κ3) is 6.33. The van der Waals surface area contributed by atoms with Gasteiger partial charge in [0.15, 0.2) is 5.96 Å². The molecule has 0 bridgehead atoms. The summed E-state index contributed by atoms with van der Waals surface area (Å²) >= 11 is 0. The molecule has 23 heavy (non-hydrogen) atoms. The molecule has 126 valence electrons. The van der Waals surface area contributed by atoms with Gasteiger partial charge in [0.25, 0.3) is 0 Å². The lowest BCUT2D eigenvalue weighted by Crippen LogP contribution is -2.38. The smallest absolute Gasteiger partial charge is 0.191 e. The van der Waals surface area contributed by atoms with Crippen LogP contribution in [0, 0.1) is 0 Å². The van der Waals surface area contributed by atoms with Crippen LogP contribution in [0.3, 0.4) is 0 Å². The number of para-hydroxylation sites is 1. The highest BCUT2D eigenvalue weighted by Gasteiger charge is 2.02. The van der Waals surface area contributed by atoms with E-state index in [2.05, 4.69) is 58.7 Å². The Morgan fingerprint density at radius 1 is 1.13 bits per heavy atom. The minimum Gasteiger partial charge on any atom is -0.357 e. The quantitative estimate of drug-likeness (QED) is 0.307. The molecule has 5 heteroatoms. The third-order valence-corrected chi connectivity index (χ3v) is 3.53. The van der Waals surface area contributed by atoms with Gasteiger partial charge in [0.2, 0.25) is 0 Å². The van der Waals surface area contributed by atoms with Crippen molar-refractivity contribution in [2.75, 3.05) is 19.6 Å². The Bertz CT molecular complexity index is 607. The normalized spacial score (nSPS) is 11.1. The summed E-state index contributed by atoms with van der Waals surface area (Å²) in [4.78, 5) is 9.08. The summed E-state index contributed by atoms with van der Waals surface area (Å²) in [6, 6.07) is 10.4. The SMILES string of the molecule is CCCCN=C(NCC)NCCc1cccc2cccnc12.I. The van der Waals surface area contributed by atoms with Crippen molar-refractivity contribution >= 4 is 40.8 Å². The molecule has 0 radical (unpaired) electrons. The molecule has 2 rings (SSSR count). The first-order chi connectivity index (χ1) is 10.8. The zero-order chi connectivity index (χ0) is 15.6. The summed E-state index contributed by atoms with van der Waals surface area (Å²) < 4.78 is 0. The molecular weight excluding hydrogens is 399 g/mol. The van der Waals surface area contributed by atoms with Crippen LogP contribution in [0.4, 0.5) is 0 Å². The molecule has 0 atom stereocenters. The fraction of sp³-hybridized carbons (Fsp3) is 0.444. The summed E-state index contributed by atoms with van der Waals surface area (Å²) in [6.45, 7) is 6.89. The Morgan fingerprint density at radius 3 is 2.74 bits per heavy atom. The second-order valence-corrected chi connectivity index (χ2v) is 5.28. The highest BCUT2D eigenvalue weighted by atomic mass is 127. The summed E-state index contributed by atoms with van der Waals surface area (Å²) in [5, 5.41) is 7.89. The van der Waals surface area contributed by atoms with Crippen molar-refractivity contribution in [1.29, 1.82) is 0 Å². The van der Waals surface area contributed by atoms with Crippen molar-refractivity contribution in [3.05, 3.63) is 42.1 Å². The summed E-state index contributed by atoms with van der Waals surface area (Å²) in [5.41, 5.74) is 2.37. The highest BCUT2D eigenvalue weighted by molar-refractivity contribution is 14.0. The number of halogens is 1. The van der Waals surface area contributed by atoms with Crippen molar-refractivity contribution in [1.82, 2.24) is 15.6 Å². The molecule has 0 amide bonds. The standard InChI is InChI=1S/C18H26N4.HI/c1-3-5-12-21-18(19-4-2)22-14-11-16-9-6-8-15-10-7-13-20-17(15)16;/h6-10,13H,3-5,11-12,14H2,1-2H3,(H2,19,21,22);1H. The summed E-state index contributed by atoms with van der Waals surface area (Å²) in [5.74, 6) is 0.907. The van der Waals surface area contributed by atoms with Gasteiger partial charge in [-0.1, -0.05) is 37.6 Å². The average molecular weight is 426 g/mol. The Labute approximate surface area is 156 Å². The van der Waals surface area contributed by atoms with Crippen LogP contribution in [0.15, 0.2) is 41.5 Å². The van der Waals surface area contributed by atoms with Gasteiger partial charge in [0.1, 0.15) is 0 Å². The predicted molar refractivity (Wildman–Crippen MR) is 110 cm³/mol. The first kappa shape index (κ1) is 19.7. The monoisotopic (exact) mass is 426 g/mol. The fourth-order valence-electron chi connectivity index (χ4n) is 2.38. The number of nitrogens with one attached hydrogen (secondary N) is 2. The molecule has 0 unspecified atom stereocenters. The molecule has 2 N–H and O–H groups in total. The minimum atomic E-state index is 0. The maximum atomic E-state index is 4.58. The number of hydrogen-bond acceptors (Lipinski definition) is 2. The van der Waals surface area contributed by atoms with Gasteiger partial charge in [-0.25, -0.2) is 0 Å². The first-order valence-corrected chi connectivity index (χ1v) is 8.20. The number of unbranched alkanes of at least 4 members (excludes halogenated alkanes) is 1. The number of pyridine rings is 1. The largest absolute Gasteiger partial charge is 0.357 e. The molecule has 0 aliphatic rings. The van der Waals surface area contributed by atoms with E-state index in [1.54, 1.807) is 0 Å². The third-order valence-electron chi connectivity index (χ3n) is 3.53. The van der Waals surface area contributed by atoms with E-state index in [4.69, 9.17) is 0 Å². The maximum Gasteiger partial charge on any atom is 0.191 e. The van der Waals surface area contributed by atoms with Crippen LogP contribution in [-0.4, -0.2) is 30.6 Å². The van der Waals surface area contributed by atoms with Gasteiger partial charge in [-0.2, -0.15) is 0 Å². The van der Waals surface area contributed by atoms with E-state index in [0.717, 1.165) is 44.0 Å². The molecule has 0 spiro atoms. The van der Waals surface area contributed by atoms with Gasteiger partial charge in [-0.3, -0.25) is 9.98 Å². The Hall–Kier alpha value is -1.37. The van der Waals surface area contributed by atoms with Crippen LogP contribution in [0.25, 0.3) is 10.9 Å². The molecule has 0 saturated heterocycles. The lowest BCUT2D eigenvalue weighted by molar-refractivity contribution is 0.768. The first-order valence-electron chi connectivity index (χ1n) is 8.20. The number of benzene rings is 1. The zero-order valence-corrected chi connectivity index (χ0v) is 16.3. The van der Waals surface area contributed by atoms with E-state index in [1.807, 2.05) is 12.3 Å². The van der Waals surface area contributed by atoms with Crippen molar-refractivity contribution in [3.8, 4) is 0 Å². The molecule has 0 aliphatic heterocycles. The van der Waals surface area contributed by atoms with E-state index in [1.165, 1.54) is 17.4 Å². The maximum absolute atomic E-state index is 4.58. The van der Waals surface area contributed by atoms with Gasteiger partial charge >= 0.3 is 0 Å². The van der Waals surface area contributed by atoms with Crippen molar-refractivity contribution in [2.45, 2.75) is 33.1 Å². The Morgan fingerprint density at radius 2 is 1.96 bits per heavy atom. The number of guanidine groups is 1. The van der Waals surface area contributed by atoms with Crippen LogP contribution >= 0.6 is 24.0 Å². The van der Waals surface area contributed by atoms with Gasteiger partial charge in [-0.05, 0) is 31.4 Å². The topological polar surface area (TPSA) is 49.3 Å². The van der Waals surface area contributed by atoms with Crippen LogP contribution in [-0.2, 0) is 6.42 Å². The summed E-state index contributed by atoms with van der Waals surface area (Å²) in [6.07, 6.45) is 5.09. The molecule has 1 aromatic carbocycles. The van der Waals surface area contributed by atoms with E-state index in [9.17, 15) is 0 Å². The number of aromatic nitrogens is 1. The Kier molecular flexibility index (Phi) is 9.59. The fourth-order valence-corrected chi connectivity index (χ4v) is 2.38. The molecular formula is C18H27IN4. The second kappa shape index (κ2) is 11.2. The van der Waals surface area contributed by atoms with Gasteiger partial charge in [-0.15, -0.1) is 24.0 Å². The Balaban J connectivity index is 0.00000264. The molecule has 1 heterocycles. The van der Waals surface area contributed by atoms with Crippen molar-refractivity contribution in [3.63, 3.8) is 0 Å². The van der Waals surface area contributed by atoms with Crippen LogP contribution in [0.1, 0.15) is 32.3 Å². The minimum absolute atomic E-state index is 0. The summed E-state index contributed by atoms with van der Waals surface area (Å²) in [7, 11) is 0. The number of hydrogen-bond donors (Lipinski definition) is 2. The van der Waals surface area contributed by atoms with Crippen LogP contribution in [0.2, 0.25) is 0 Å². The van der Waals surface area contributed by atoms with E-state index >= 15 is 0 Å². The average Bonchev–Trinajstić information content (AvgIpc) is 2.55. The molecule has 2 aromatic rings. The van der Waals surface area contributed by atoms with E-state index in [-0.39, 0.29) is 24.0 Å². The highest BCUT2D eigenvalue weighted by Crippen LogP contribution is 2.15. The van der Waals surface area contributed by atoms with Crippen LogP contribution in [0.5, 0.6) is 0 Å². The molecule has 0 saturated carbocycles. The molecule has 0 aliphatic carbocycles. The van der Waals surface area contributed by atoms with E-state index in [0.29, 0.717) is 0 Å². The van der Waals surface area contributed by atoms with Crippen molar-refractivity contribution < 1.29 is 0 Å². The lowest BCUT2D eigenvalue weighted by atomic mass is 10.1. The number of nitrogens with zero attached hydrogens (tertiary/aromatic N) is 2. The van der Waals surface area contributed by atoms with Crippen LogP contribution < -0.4 is 10.6 Å².